The second-order valence-electron chi connectivity index (χ2n) is 5.84. The topological polar surface area (TPSA) is 49.4 Å². The first-order valence-electron chi connectivity index (χ1n) is 7.57. The summed E-state index contributed by atoms with van der Waals surface area (Å²) in [6.45, 7) is 2.28. The Kier molecular flexibility index (Phi) is 4.92. The van der Waals surface area contributed by atoms with Gasteiger partial charge in [-0.2, -0.15) is 0 Å². The van der Waals surface area contributed by atoms with Gasteiger partial charge in [0, 0.05) is 33.8 Å². The fourth-order valence-corrected chi connectivity index (χ4v) is 3.11. The molecule has 0 spiro atoms. The van der Waals surface area contributed by atoms with Crippen LogP contribution in [0.5, 0.6) is 0 Å². The Bertz CT molecular complexity index is 792. The van der Waals surface area contributed by atoms with Gasteiger partial charge in [0.25, 0.3) is 0 Å². The molecule has 6 heteroatoms. The highest BCUT2D eigenvalue weighted by Crippen LogP contribution is 2.28. The summed E-state index contributed by atoms with van der Waals surface area (Å²) in [5.41, 5.74) is 2.40. The van der Waals surface area contributed by atoms with Crippen LogP contribution in [0.1, 0.15) is 12.0 Å². The lowest BCUT2D eigenvalue weighted by Crippen LogP contribution is -2.28. The summed E-state index contributed by atoms with van der Waals surface area (Å²) in [5, 5.41) is 3.45. The monoisotopic (exact) mass is 406 g/mol. The number of benzene rings is 2. The number of hydrogen-bond acceptors (Lipinski definition) is 2. The third-order valence-electron chi connectivity index (χ3n) is 4.07. The van der Waals surface area contributed by atoms with Crippen molar-refractivity contribution in [3.8, 4) is 0 Å². The minimum Gasteiger partial charge on any atom is -0.326 e. The molecule has 0 radical (unpaired) electrons. The highest BCUT2D eigenvalue weighted by Gasteiger charge is 2.35. The molecule has 2 aromatic rings. The first kappa shape index (κ1) is 17.0. The van der Waals surface area contributed by atoms with Crippen molar-refractivity contribution in [3.05, 3.63) is 57.5 Å². The minimum atomic E-state index is -0.374. The van der Waals surface area contributed by atoms with E-state index >= 15 is 0 Å². The largest absolute Gasteiger partial charge is 0.326 e. The Hall–Kier alpha value is -1.85. The zero-order valence-electron chi connectivity index (χ0n) is 13.1. The van der Waals surface area contributed by atoms with Crippen LogP contribution in [0.15, 0.2) is 46.9 Å². The molecular weight excluding hydrogens is 392 g/mol. The first-order valence-corrected chi connectivity index (χ1v) is 8.74. The van der Waals surface area contributed by atoms with Gasteiger partial charge in [-0.25, -0.2) is 0 Å². The van der Waals surface area contributed by atoms with Crippen molar-refractivity contribution in [2.45, 2.75) is 13.3 Å². The van der Waals surface area contributed by atoms with Gasteiger partial charge >= 0.3 is 0 Å². The molecule has 0 bridgehead atoms. The Labute approximate surface area is 153 Å². The van der Waals surface area contributed by atoms with Gasteiger partial charge < -0.3 is 10.2 Å². The maximum atomic E-state index is 12.4. The maximum Gasteiger partial charge on any atom is 0.229 e. The molecule has 1 saturated heterocycles. The molecule has 2 amide bonds. The van der Waals surface area contributed by atoms with E-state index in [2.05, 4.69) is 21.2 Å². The third kappa shape index (κ3) is 3.62. The lowest BCUT2D eigenvalue weighted by Gasteiger charge is -2.17. The minimum absolute atomic E-state index is 0.0422. The van der Waals surface area contributed by atoms with E-state index in [9.17, 15) is 9.59 Å². The number of carbonyl (C=O) groups is 2. The van der Waals surface area contributed by atoms with E-state index in [1.54, 1.807) is 11.0 Å². The maximum absolute atomic E-state index is 12.4. The van der Waals surface area contributed by atoms with Crippen LogP contribution >= 0.6 is 27.5 Å². The summed E-state index contributed by atoms with van der Waals surface area (Å²) in [6.07, 6.45) is 0.210. The highest BCUT2D eigenvalue weighted by atomic mass is 79.9. The molecule has 4 nitrogen and oxygen atoms in total. The van der Waals surface area contributed by atoms with Crippen molar-refractivity contribution >= 4 is 50.7 Å². The number of rotatable bonds is 3. The number of hydrogen-bond donors (Lipinski definition) is 1. The number of nitrogens with one attached hydrogen (secondary N) is 1. The van der Waals surface area contributed by atoms with Crippen LogP contribution < -0.4 is 10.2 Å². The summed E-state index contributed by atoms with van der Waals surface area (Å²) in [5.74, 6) is -0.580. The van der Waals surface area contributed by atoms with Gasteiger partial charge in [-0.15, -0.1) is 0 Å². The van der Waals surface area contributed by atoms with Crippen molar-refractivity contribution in [1.82, 2.24) is 0 Å². The van der Waals surface area contributed by atoms with Crippen molar-refractivity contribution in [3.63, 3.8) is 0 Å². The quantitative estimate of drug-likeness (QED) is 0.819. The van der Waals surface area contributed by atoms with E-state index in [0.29, 0.717) is 17.3 Å². The summed E-state index contributed by atoms with van der Waals surface area (Å²) >= 11 is 9.45. The molecule has 1 aliphatic heterocycles. The zero-order chi connectivity index (χ0) is 17.3. The smallest absolute Gasteiger partial charge is 0.229 e. The van der Waals surface area contributed by atoms with Crippen molar-refractivity contribution in [1.29, 1.82) is 0 Å². The lowest BCUT2D eigenvalue weighted by atomic mass is 10.1. The number of aryl methyl sites for hydroxylation is 1. The summed E-state index contributed by atoms with van der Waals surface area (Å²) < 4.78 is 0.948. The van der Waals surface area contributed by atoms with Crippen LogP contribution in [0.4, 0.5) is 11.4 Å². The molecule has 124 valence electrons. The number of carbonyl (C=O) groups excluding carboxylic acids is 2. The lowest BCUT2D eigenvalue weighted by molar-refractivity contribution is -0.122. The van der Waals surface area contributed by atoms with E-state index < -0.39 is 0 Å². The van der Waals surface area contributed by atoms with E-state index in [4.69, 9.17) is 11.6 Å². The number of anilines is 2. The van der Waals surface area contributed by atoms with Gasteiger partial charge in [-0.3, -0.25) is 9.59 Å². The van der Waals surface area contributed by atoms with Crippen molar-refractivity contribution < 1.29 is 9.59 Å². The fourth-order valence-electron chi connectivity index (χ4n) is 2.67. The van der Waals surface area contributed by atoms with Crippen LogP contribution in [0.3, 0.4) is 0 Å². The van der Waals surface area contributed by atoms with Gasteiger partial charge in [0.2, 0.25) is 11.8 Å². The number of nitrogens with zero attached hydrogens (tertiary/aromatic N) is 1. The summed E-state index contributed by atoms with van der Waals surface area (Å²) in [7, 11) is 0. The van der Waals surface area contributed by atoms with Crippen LogP contribution in [0.2, 0.25) is 5.02 Å². The average molecular weight is 408 g/mol. The van der Waals surface area contributed by atoms with Gasteiger partial charge in [0.15, 0.2) is 0 Å². The van der Waals surface area contributed by atoms with Crippen molar-refractivity contribution in [2.24, 2.45) is 5.92 Å². The predicted octanol–water partition coefficient (Wildman–Crippen LogP) is 4.40. The second-order valence-corrected chi connectivity index (χ2v) is 7.16. The predicted molar refractivity (Wildman–Crippen MR) is 99.4 cm³/mol. The summed E-state index contributed by atoms with van der Waals surface area (Å²) in [6, 6.07) is 12.9. The second kappa shape index (κ2) is 6.95. The van der Waals surface area contributed by atoms with E-state index in [-0.39, 0.29) is 24.2 Å². The SMILES string of the molecule is Cc1ccc(NC(=O)C2CC(=O)N(c3ccc(Br)cc3)C2)cc1Cl. The molecule has 0 aliphatic carbocycles. The van der Waals surface area contributed by atoms with Gasteiger partial charge in [-0.1, -0.05) is 33.6 Å². The van der Waals surface area contributed by atoms with Gasteiger partial charge in [0.05, 0.1) is 5.92 Å². The molecule has 1 heterocycles. The number of amides is 2. The molecule has 2 aromatic carbocycles. The zero-order valence-corrected chi connectivity index (χ0v) is 15.4. The Morgan fingerprint density at radius 1 is 1.25 bits per heavy atom. The fraction of sp³-hybridized carbons (Fsp3) is 0.222. The van der Waals surface area contributed by atoms with Crippen LogP contribution in [0, 0.1) is 12.8 Å². The highest BCUT2D eigenvalue weighted by molar-refractivity contribution is 9.10. The molecule has 1 fully saturated rings. The Morgan fingerprint density at radius 2 is 1.96 bits per heavy atom. The molecule has 1 unspecified atom stereocenters. The Balaban J connectivity index is 1.69. The van der Waals surface area contributed by atoms with Crippen LogP contribution in [-0.4, -0.2) is 18.4 Å². The first-order chi connectivity index (χ1) is 11.4. The Morgan fingerprint density at radius 3 is 2.62 bits per heavy atom. The molecule has 1 N–H and O–H groups in total. The van der Waals surface area contributed by atoms with Crippen LogP contribution in [-0.2, 0) is 9.59 Å². The molecule has 3 rings (SSSR count). The third-order valence-corrected chi connectivity index (χ3v) is 5.01. The standard InChI is InChI=1S/C18H16BrClN2O2/c1-11-2-5-14(9-16(11)20)21-18(24)12-8-17(23)22(10-12)15-6-3-13(19)4-7-15/h2-7,9,12H,8,10H2,1H3,(H,21,24). The molecule has 24 heavy (non-hydrogen) atoms. The normalized spacial score (nSPS) is 17.2. The average Bonchev–Trinajstić information content (AvgIpc) is 2.94. The number of halogens is 2. The van der Waals surface area contributed by atoms with Gasteiger partial charge in [0.1, 0.15) is 0 Å². The van der Waals surface area contributed by atoms with Crippen molar-refractivity contribution in [2.75, 3.05) is 16.8 Å². The molecule has 1 aliphatic rings. The van der Waals surface area contributed by atoms with E-state index in [0.717, 1.165) is 15.7 Å². The molecule has 0 saturated carbocycles. The van der Waals surface area contributed by atoms with Crippen LogP contribution in [0.25, 0.3) is 0 Å². The molecule has 1 atom stereocenters. The molecule has 0 aromatic heterocycles. The van der Waals surface area contributed by atoms with Gasteiger partial charge in [-0.05, 0) is 48.9 Å². The van der Waals surface area contributed by atoms with E-state index in [1.807, 2.05) is 43.3 Å². The van der Waals surface area contributed by atoms with E-state index in [1.165, 1.54) is 0 Å². The summed E-state index contributed by atoms with van der Waals surface area (Å²) in [4.78, 5) is 26.3. The molecular formula is C18H16BrClN2O2.